The van der Waals surface area contributed by atoms with Crippen LogP contribution in [0.5, 0.6) is 0 Å². The fourth-order valence-electron chi connectivity index (χ4n) is 2.00. The smallest absolute Gasteiger partial charge is 0.311 e. The quantitative estimate of drug-likeness (QED) is 0.522. The van der Waals surface area contributed by atoms with Crippen LogP contribution >= 0.6 is 23.1 Å². The normalized spacial score (nSPS) is 11.2. The molecule has 0 atom stereocenters. The van der Waals surface area contributed by atoms with Crippen LogP contribution in [-0.2, 0) is 30.6 Å². The monoisotopic (exact) mass is 414 g/mol. The predicted molar refractivity (Wildman–Crippen MR) is 101 cm³/mol. The minimum atomic E-state index is -3.43. The zero-order valence-electron chi connectivity index (χ0n) is 14.2. The number of amides is 1. The zero-order chi connectivity index (χ0) is 19.2. The first-order valence-corrected chi connectivity index (χ1v) is 11.4. The Kier molecular flexibility index (Phi) is 7.18. The third kappa shape index (κ3) is 6.11. The van der Waals surface area contributed by atoms with E-state index in [1.54, 1.807) is 30.5 Å². The molecule has 0 unspecified atom stereocenters. The lowest BCUT2D eigenvalue weighted by molar-refractivity contribution is -0.142. The minimum Gasteiger partial charge on any atom is -0.466 e. The number of hydrogen-bond donors (Lipinski definition) is 1. The van der Waals surface area contributed by atoms with Gasteiger partial charge in [-0.15, -0.1) is 11.3 Å². The summed E-state index contributed by atoms with van der Waals surface area (Å²) >= 11 is 2.55. The van der Waals surface area contributed by atoms with E-state index in [9.17, 15) is 18.0 Å². The molecular weight excluding hydrogens is 396 g/mol. The summed E-state index contributed by atoms with van der Waals surface area (Å²) in [7, 11) is -3.43. The van der Waals surface area contributed by atoms with Crippen LogP contribution in [0.1, 0.15) is 12.6 Å². The number of nitrogens with one attached hydrogen (secondary N) is 1. The van der Waals surface area contributed by atoms with Gasteiger partial charge in [0, 0.05) is 11.6 Å². The molecule has 0 aliphatic heterocycles. The average molecular weight is 415 g/mol. The molecule has 1 N–H and O–H groups in total. The van der Waals surface area contributed by atoms with Crippen LogP contribution in [0.4, 0.5) is 5.69 Å². The van der Waals surface area contributed by atoms with E-state index in [0.29, 0.717) is 16.6 Å². The maximum absolute atomic E-state index is 12.1. The Balaban J connectivity index is 1.92. The third-order valence-corrected chi connectivity index (χ3v) is 6.27. The molecule has 0 radical (unpaired) electrons. The van der Waals surface area contributed by atoms with Crippen molar-refractivity contribution in [1.29, 1.82) is 0 Å². The van der Waals surface area contributed by atoms with Gasteiger partial charge >= 0.3 is 5.97 Å². The second kappa shape index (κ2) is 9.15. The van der Waals surface area contributed by atoms with Crippen molar-refractivity contribution in [3.05, 3.63) is 35.3 Å². The molecule has 0 saturated carbocycles. The Labute approximate surface area is 160 Å². The van der Waals surface area contributed by atoms with Crippen molar-refractivity contribution in [3.63, 3.8) is 0 Å². The van der Waals surface area contributed by atoms with E-state index < -0.39 is 9.84 Å². The van der Waals surface area contributed by atoms with E-state index in [1.807, 2.05) is 0 Å². The SMILES string of the molecule is CCOC(=O)Cc1csc(SCC(=O)Nc2ccccc2S(C)(=O)=O)n1. The van der Waals surface area contributed by atoms with E-state index in [2.05, 4.69) is 10.3 Å². The van der Waals surface area contributed by atoms with Crippen molar-refractivity contribution < 1.29 is 22.7 Å². The van der Waals surface area contributed by atoms with Crippen LogP contribution < -0.4 is 5.32 Å². The van der Waals surface area contributed by atoms with E-state index >= 15 is 0 Å². The fraction of sp³-hybridized carbons (Fsp3) is 0.312. The van der Waals surface area contributed by atoms with Gasteiger partial charge in [-0.1, -0.05) is 23.9 Å². The number of nitrogens with zero attached hydrogens (tertiary/aromatic N) is 1. The highest BCUT2D eigenvalue weighted by atomic mass is 32.2. The first-order chi connectivity index (χ1) is 12.3. The summed E-state index contributed by atoms with van der Waals surface area (Å²) in [4.78, 5) is 27.9. The summed E-state index contributed by atoms with van der Waals surface area (Å²) in [5.74, 6) is -0.609. The van der Waals surface area contributed by atoms with Crippen LogP contribution in [0.3, 0.4) is 0 Å². The Morgan fingerprint density at radius 3 is 2.73 bits per heavy atom. The summed E-state index contributed by atoms with van der Waals surface area (Å²) in [6.07, 6.45) is 1.19. The van der Waals surface area contributed by atoms with Crippen LogP contribution in [0.15, 0.2) is 38.9 Å². The first-order valence-electron chi connectivity index (χ1n) is 7.61. The number of anilines is 1. The number of carbonyl (C=O) groups is 2. The molecular formula is C16H18N2O5S3. The van der Waals surface area contributed by atoms with Gasteiger partial charge in [-0.3, -0.25) is 9.59 Å². The van der Waals surface area contributed by atoms with Gasteiger partial charge in [0.05, 0.1) is 35.1 Å². The van der Waals surface area contributed by atoms with E-state index in [4.69, 9.17) is 4.74 Å². The van der Waals surface area contributed by atoms with Crippen LogP contribution in [0.25, 0.3) is 0 Å². The largest absolute Gasteiger partial charge is 0.466 e. The number of carbonyl (C=O) groups excluding carboxylic acids is 2. The number of aromatic nitrogens is 1. The van der Waals surface area contributed by atoms with Crippen molar-refractivity contribution in [3.8, 4) is 0 Å². The van der Waals surface area contributed by atoms with Gasteiger partial charge in [0.2, 0.25) is 5.91 Å². The number of para-hydroxylation sites is 1. The van der Waals surface area contributed by atoms with Gasteiger partial charge in [-0.25, -0.2) is 13.4 Å². The van der Waals surface area contributed by atoms with Gasteiger partial charge in [-0.2, -0.15) is 0 Å². The Morgan fingerprint density at radius 1 is 1.31 bits per heavy atom. The van der Waals surface area contributed by atoms with Crippen molar-refractivity contribution in [1.82, 2.24) is 4.98 Å². The maximum Gasteiger partial charge on any atom is 0.311 e. The number of sulfone groups is 1. The Hall–Kier alpha value is -1.91. The molecule has 0 aliphatic rings. The van der Waals surface area contributed by atoms with Gasteiger partial charge in [-0.05, 0) is 19.1 Å². The molecule has 2 aromatic rings. The molecule has 1 heterocycles. The molecule has 0 bridgehead atoms. The molecule has 26 heavy (non-hydrogen) atoms. The molecule has 1 aromatic carbocycles. The van der Waals surface area contributed by atoms with Gasteiger partial charge in [0.1, 0.15) is 0 Å². The molecule has 1 amide bonds. The minimum absolute atomic E-state index is 0.0734. The molecule has 1 aromatic heterocycles. The summed E-state index contributed by atoms with van der Waals surface area (Å²) in [5, 5.41) is 4.35. The summed E-state index contributed by atoms with van der Waals surface area (Å²) in [6.45, 7) is 2.06. The van der Waals surface area contributed by atoms with Crippen LogP contribution in [-0.4, -0.2) is 43.9 Å². The van der Waals surface area contributed by atoms with E-state index in [-0.39, 0.29) is 34.6 Å². The molecule has 0 saturated heterocycles. The summed E-state index contributed by atoms with van der Waals surface area (Å²) < 4.78 is 29.0. The second-order valence-corrected chi connectivity index (χ2v) is 9.26. The fourth-order valence-corrected chi connectivity index (χ4v) is 4.49. The molecule has 0 aliphatic carbocycles. The van der Waals surface area contributed by atoms with Crippen molar-refractivity contribution in [2.24, 2.45) is 0 Å². The second-order valence-electron chi connectivity index (χ2n) is 5.19. The lowest BCUT2D eigenvalue weighted by atomic mass is 10.3. The summed E-state index contributed by atoms with van der Waals surface area (Å²) in [5.41, 5.74) is 0.849. The third-order valence-electron chi connectivity index (χ3n) is 3.05. The Bertz CT molecular complexity index is 893. The standard InChI is InChI=1S/C16H18N2O5S3/c1-3-23-15(20)8-11-9-24-16(17-11)25-10-14(19)18-12-6-4-5-7-13(12)26(2,21)22/h4-7,9H,3,8,10H2,1-2H3,(H,18,19). The lowest BCUT2D eigenvalue weighted by Crippen LogP contribution is -2.16. The number of thiazole rings is 1. The zero-order valence-corrected chi connectivity index (χ0v) is 16.7. The molecule has 140 valence electrons. The number of benzene rings is 1. The van der Waals surface area contributed by atoms with Crippen LogP contribution in [0, 0.1) is 0 Å². The first kappa shape index (κ1) is 20.4. The van der Waals surface area contributed by atoms with Gasteiger partial charge in [0.25, 0.3) is 0 Å². The van der Waals surface area contributed by atoms with Crippen molar-refractivity contribution in [2.75, 3.05) is 23.9 Å². The van der Waals surface area contributed by atoms with Crippen molar-refractivity contribution >= 4 is 50.5 Å². The number of rotatable bonds is 8. The number of esters is 1. The van der Waals surface area contributed by atoms with Gasteiger partial charge < -0.3 is 10.1 Å². The molecule has 10 heteroatoms. The highest BCUT2D eigenvalue weighted by Crippen LogP contribution is 2.24. The van der Waals surface area contributed by atoms with Gasteiger partial charge in [0.15, 0.2) is 14.2 Å². The van der Waals surface area contributed by atoms with Crippen molar-refractivity contribution in [2.45, 2.75) is 22.6 Å². The highest BCUT2D eigenvalue weighted by Gasteiger charge is 2.15. The van der Waals surface area contributed by atoms with Crippen LogP contribution in [0.2, 0.25) is 0 Å². The number of thioether (sulfide) groups is 1. The maximum atomic E-state index is 12.1. The highest BCUT2D eigenvalue weighted by molar-refractivity contribution is 8.01. The summed E-state index contributed by atoms with van der Waals surface area (Å²) in [6, 6.07) is 6.24. The predicted octanol–water partition coefficient (Wildman–Crippen LogP) is 2.38. The average Bonchev–Trinajstić information content (AvgIpc) is 3.00. The molecule has 7 nitrogen and oxygen atoms in total. The molecule has 0 fully saturated rings. The van der Waals surface area contributed by atoms with E-state index in [0.717, 1.165) is 6.26 Å². The molecule has 2 rings (SSSR count). The molecule has 0 spiro atoms. The topological polar surface area (TPSA) is 102 Å². The number of hydrogen-bond acceptors (Lipinski definition) is 8. The Morgan fingerprint density at radius 2 is 2.04 bits per heavy atom. The number of ether oxygens (including phenoxy) is 1. The lowest BCUT2D eigenvalue weighted by Gasteiger charge is -2.09. The van der Waals surface area contributed by atoms with E-state index in [1.165, 1.54) is 29.2 Å².